The molecule has 1 saturated heterocycles. The van der Waals surface area contributed by atoms with E-state index in [1.165, 1.54) is 0 Å². The van der Waals surface area contributed by atoms with Crippen LogP contribution in [-0.4, -0.2) is 29.0 Å². The van der Waals surface area contributed by atoms with Crippen molar-refractivity contribution in [2.75, 3.05) is 13.1 Å². The van der Waals surface area contributed by atoms with Crippen LogP contribution in [0.1, 0.15) is 31.2 Å². The van der Waals surface area contributed by atoms with E-state index in [-0.39, 0.29) is 11.3 Å². The summed E-state index contributed by atoms with van der Waals surface area (Å²) in [5.74, 6) is 0.0945. The Morgan fingerprint density at radius 1 is 1.50 bits per heavy atom. The van der Waals surface area contributed by atoms with Crippen molar-refractivity contribution in [1.29, 1.82) is 0 Å². The molecule has 98 valence electrons. The Labute approximate surface area is 107 Å². The van der Waals surface area contributed by atoms with Crippen LogP contribution in [0.15, 0.2) is 12.4 Å². The van der Waals surface area contributed by atoms with Crippen LogP contribution in [-0.2, 0) is 11.3 Å². The second-order valence-corrected chi connectivity index (χ2v) is 5.17. The lowest BCUT2D eigenvalue weighted by atomic mass is 9.82. The molecule has 1 amide bonds. The van der Waals surface area contributed by atoms with Gasteiger partial charge in [0.25, 0.3) is 0 Å². The summed E-state index contributed by atoms with van der Waals surface area (Å²) < 4.78 is 0. The minimum Gasteiger partial charge on any atom is -0.350 e. The van der Waals surface area contributed by atoms with Crippen LogP contribution in [0.3, 0.4) is 0 Å². The molecule has 0 bridgehead atoms. The van der Waals surface area contributed by atoms with Crippen molar-refractivity contribution in [2.24, 2.45) is 5.41 Å². The van der Waals surface area contributed by atoms with Crippen molar-refractivity contribution in [1.82, 2.24) is 20.6 Å². The molecule has 1 aliphatic heterocycles. The average Bonchev–Trinajstić information content (AvgIpc) is 2.38. The summed E-state index contributed by atoms with van der Waals surface area (Å²) in [7, 11) is 0. The van der Waals surface area contributed by atoms with E-state index < -0.39 is 0 Å². The molecule has 5 heteroatoms. The number of amides is 1. The van der Waals surface area contributed by atoms with Gasteiger partial charge < -0.3 is 10.6 Å². The van der Waals surface area contributed by atoms with Gasteiger partial charge in [-0.3, -0.25) is 14.8 Å². The number of aryl methyl sites for hydroxylation is 1. The Hall–Kier alpha value is -1.49. The van der Waals surface area contributed by atoms with Gasteiger partial charge in [-0.25, -0.2) is 0 Å². The second-order valence-electron chi connectivity index (χ2n) is 5.17. The summed E-state index contributed by atoms with van der Waals surface area (Å²) in [6, 6.07) is 0. The molecule has 2 N–H and O–H groups in total. The highest BCUT2D eigenvalue weighted by Crippen LogP contribution is 2.25. The van der Waals surface area contributed by atoms with Gasteiger partial charge >= 0.3 is 0 Å². The van der Waals surface area contributed by atoms with Crippen LogP contribution in [0, 0.1) is 12.3 Å². The molecule has 5 nitrogen and oxygen atoms in total. The minimum atomic E-state index is -0.295. The van der Waals surface area contributed by atoms with Gasteiger partial charge in [-0.15, -0.1) is 0 Å². The van der Waals surface area contributed by atoms with E-state index in [2.05, 4.69) is 20.6 Å². The maximum atomic E-state index is 12.2. The average molecular weight is 248 g/mol. The molecule has 2 rings (SSSR count). The number of nitrogens with one attached hydrogen (secondary N) is 2. The van der Waals surface area contributed by atoms with Gasteiger partial charge in [0, 0.05) is 12.7 Å². The largest absolute Gasteiger partial charge is 0.350 e. The van der Waals surface area contributed by atoms with Crippen molar-refractivity contribution >= 4 is 5.91 Å². The first-order valence-electron chi connectivity index (χ1n) is 6.37. The van der Waals surface area contributed by atoms with Gasteiger partial charge in [-0.1, -0.05) is 0 Å². The molecule has 0 saturated carbocycles. The number of piperidine rings is 1. The fourth-order valence-electron chi connectivity index (χ4n) is 2.14. The van der Waals surface area contributed by atoms with E-state index in [0.29, 0.717) is 6.54 Å². The highest BCUT2D eigenvalue weighted by Gasteiger charge is 2.34. The molecule has 0 aromatic carbocycles. The zero-order chi connectivity index (χ0) is 13.0. The quantitative estimate of drug-likeness (QED) is 0.830. The number of hydrogen-bond donors (Lipinski definition) is 2. The summed E-state index contributed by atoms with van der Waals surface area (Å²) in [6.45, 7) is 6.10. The van der Waals surface area contributed by atoms with Crippen LogP contribution in [0.5, 0.6) is 0 Å². The smallest absolute Gasteiger partial charge is 0.227 e. The molecule has 0 radical (unpaired) electrons. The Kier molecular flexibility index (Phi) is 3.91. The second kappa shape index (κ2) is 5.44. The van der Waals surface area contributed by atoms with Crippen LogP contribution >= 0.6 is 0 Å². The van der Waals surface area contributed by atoms with Crippen molar-refractivity contribution < 1.29 is 4.79 Å². The van der Waals surface area contributed by atoms with E-state index in [1.54, 1.807) is 12.4 Å². The first-order chi connectivity index (χ1) is 8.60. The topological polar surface area (TPSA) is 66.9 Å². The first-order valence-corrected chi connectivity index (χ1v) is 6.37. The Morgan fingerprint density at radius 3 is 2.94 bits per heavy atom. The van der Waals surface area contributed by atoms with Gasteiger partial charge in [-0.05, 0) is 33.2 Å². The number of carbonyl (C=O) groups excluding carboxylic acids is 1. The molecule has 1 unspecified atom stereocenters. The fourth-order valence-corrected chi connectivity index (χ4v) is 2.14. The number of carbonyl (C=O) groups is 1. The maximum absolute atomic E-state index is 12.2. The molecular formula is C13H20N4O. The lowest BCUT2D eigenvalue weighted by molar-refractivity contribution is -0.131. The molecule has 2 heterocycles. The maximum Gasteiger partial charge on any atom is 0.227 e. The van der Waals surface area contributed by atoms with Crippen molar-refractivity contribution in [2.45, 2.75) is 33.2 Å². The highest BCUT2D eigenvalue weighted by atomic mass is 16.2. The van der Waals surface area contributed by atoms with Crippen molar-refractivity contribution in [3.63, 3.8) is 0 Å². The van der Waals surface area contributed by atoms with E-state index >= 15 is 0 Å². The third-order valence-corrected chi connectivity index (χ3v) is 3.41. The highest BCUT2D eigenvalue weighted by molar-refractivity contribution is 5.82. The van der Waals surface area contributed by atoms with E-state index in [0.717, 1.165) is 37.3 Å². The molecule has 1 aromatic heterocycles. The van der Waals surface area contributed by atoms with Crippen LogP contribution in [0.2, 0.25) is 0 Å². The summed E-state index contributed by atoms with van der Waals surface area (Å²) in [4.78, 5) is 20.5. The number of rotatable bonds is 3. The van der Waals surface area contributed by atoms with Gasteiger partial charge in [0.05, 0.1) is 29.5 Å². The SMILES string of the molecule is Cc1cnc(CNC(=O)C2(C)CCCNC2)cn1. The van der Waals surface area contributed by atoms with Crippen molar-refractivity contribution in [3.8, 4) is 0 Å². The molecule has 1 aliphatic rings. The first kappa shape index (κ1) is 13.0. The van der Waals surface area contributed by atoms with E-state index in [9.17, 15) is 4.79 Å². The predicted molar refractivity (Wildman–Crippen MR) is 68.8 cm³/mol. The van der Waals surface area contributed by atoms with E-state index in [1.807, 2.05) is 13.8 Å². The number of nitrogens with zero attached hydrogens (tertiary/aromatic N) is 2. The number of hydrogen-bond acceptors (Lipinski definition) is 4. The van der Waals surface area contributed by atoms with Gasteiger partial charge in [-0.2, -0.15) is 0 Å². The predicted octanol–water partition coefficient (Wildman–Crippen LogP) is 0.791. The fraction of sp³-hybridized carbons (Fsp3) is 0.615. The molecule has 1 atom stereocenters. The monoisotopic (exact) mass is 248 g/mol. The van der Waals surface area contributed by atoms with Crippen LogP contribution in [0.4, 0.5) is 0 Å². The molecular weight excluding hydrogens is 228 g/mol. The van der Waals surface area contributed by atoms with Gasteiger partial charge in [0.15, 0.2) is 0 Å². The summed E-state index contributed by atoms with van der Waals surface area (Å²) in [6.07, 6.45) is 5.40. The third kappa shape index (κ3) is 3.04. The number of aromatic nitrogens is 2. The minimum absolute atomic E-state index is 0.0945. The normalized spacial score (nSPS) is 23.7. The standard InChI is InChI=1S/C13H20N4O/c1-10-6-16-11(7-15-10)8-17-12(18)13(2)4-3-5-14-9-13/h6-7,14H,3-5,8-9H2,1-2H3,(H,17,18). The molecule has 1 aromatic rings. The zero-order valence-electron chi connectivity index (χ0n) is 11.0. The van der Waals surface area contributed by atoms with E-state index in [4.69, 9.17) is 0 Å². The molecule has 0 spiro atoms. The van der Waals surface area contributed by atoms with Gasteiger partial charge in [0.1, 0.15) is 0 Å². The summed E-state index contributed by atoms with van der Waals surface area (Å²) in [5.41, 5.74) is 1.38. The lowest BCUT2D eigenvalue weighted by Gasteiger charge is -2.32. The Balaban J connectivity index is 1.89. The molecule has 18 heavy (non-hydrogen) atoms. The third-order valence-electron chi connectivity index (χ3n) is 3.41. The molecule has 1 fully saturated rings. The van der Waals surface area contributed by atoms with Crippen LogP contribution in [0.25, 0.3) is 0 Å². The van der Waals surface area contributed by atoms with Crippen molar-refractivity contribution in [3.05, 3.63) is 23.8 Å². The zero-order valence-corrected chi connectivity index (χ0v) is 11.0. The van der Waals surface area contributed by atoms with Crippen LogP contribution < -0.4 is 10.6 Å². The molecule has 0 aliphatic carbocycles. The summed E-state index contributed by atoms with van der Waals surface area (Å²) in [5, 5.41) is 6.22. The Bertz CT molecular complexity index is 410. The lowest BCUT2D eigenvalue weighted by Crippen LogP contribution is -2.48. The van der Waals surface area contributed by atoms with Gasteiger partial charge in [0.2, 0.25) is 5.91 Å². The summed E-state index contributed by atoms with van der Waals surface area (Å²) >= 11 is 0. The Morgan fingerprint density at radius 2 is 2.33 bits per heavy atom.